The number of amides is 5. The first-order valence-corrected chi connectivity index (χ1v) is 19.0. The zero-order chi connectivity index (χ0) is 42.8. The van der Waals surface area contributed by atoms with Crippen LogP contribution in [-0.2, 0) is 58.6 Å². The molecule has 0 unspecified atom stereocenters. The summed E-state index contributed by atoms with van der Waals surface area (Å²) in [6, 6.07) is -1.70. The minimum atomic E-state index is -2.07. The van der Waals surface area contributed by atoms with Crippen LogP contribution in [0.1, 0.15) is 100 Å². The Bertz CT molecular complexity index is 2350. The number of aliphatic hydroxyl groups is 1. The highest BCUT2D eigenvalue weighted by Crippen LogP contribution is 2.46. The molecule has 5 amide bonds. The number of esters is 1. The lowest BCUT2D eigenvalue weighted by molar-refractivity contribution is -0.172. The second-order valence-corrected chi connectivity index (χ2v) is 16.1. The Labute approximate surface area is 332 Å². The largest absolute Gasteiger partial charge is 0.458 e. The number of likely N-dealkylation sites (N-methyl/N-ethyl adjacent to an activating group) is 1. The Balaban J connectivity index is 1.32. The Morgan fingerprint density at radius 2 is 1.81 bits per heavy atom. The first kappa shape index (κ1) is 41.7. The molecule has 6 N–H and O–H groups in total. The maximum Gasteiger partial charge on any atom is 0.408 e. The Morgan fingerprint density at radius 3 is 2.45 bits per heavy atom. The topological polar surface area (TPSA) is 241 Å². The number of aromatic nitrogens is 2. The Morgan fingerprint density at radius 1 is 1.12 bits per heavy atom. The molecule has 0 saturated heterocycles. The molecule has 0 radical (unpaired) electrons. The van der Waals surface area contributed by atoms with Crippen LogP contribution in [0.15, 0.2) is 16.9 Å². The van der Waals surface area contributed by atoms with E-state index < -0.39 is 88.9 Å². The summed E-state index contributed by atoms with van der Waals surface area (Å²) >= 11 is 0. The molecule has 3 aliphatic rings. The average molecular weight is 806 g/mol. The van der Waals surface area contributed by atoms with E-state index in [0.717, 1.165) is 4.90 Å². The number of halogens is 1. The number of pyridine rings is 2. The van der Waals surface area contributed by atoms with Crippen LogP contribution in [0, 0.1) is 12.7 Å². The summed E-state index contributed by atoms with van der Waals surface area (Å²) in [6.07, 6.45) is -0.893. The Hall–Kier alpha value is -5.91. The molecule has 18 heteroatoms. The molecule has 6 rings (SSSR count). The van der Waals surface area contributed by atoms with Crippen molar-refractivity contribution in [1.82, 2.24) is 30.4 Å². The minimum Gasteiger partial charge on any atom is -0.458 e. The lowest BCUT2D eigenvalue weighted by atomic mass is 9.81. The number of ether oxygens (including phenoxy) is 2. The normalized spacial score (nSPS) is 19.4. The average Bonchev–Trinajstić information content (AvgIpc) is 3.52. The molecular formula is C40H48FN7O10. The minimum absolute atomic E-state index is 0.00365. The van der Waals surface area contributed by atoms with Gasteiger partial charge in [-0.2, -0.15) is 0 Å². The van der Waals surface area contributed by atoms with Crippen molar-refractivity contribution in [3.05, 3.63) is 61.7 Å². The van der Waals surface area contributed by atoms with E-state index in [1.165, 1.54) is 37.6 Å². The molecule has 4 heterocycles. The van der Waals surface area contributed by atoms with Crippen LogP contribution < -0.4 is 27.2 Å². The van der Waals surface area contributed by atoms with Gasteiger partial charge >= 0.3 is 12.1 Å². The summed E-state index contributed by atoms with van der Waals surface area (Å²) in [5.41, 5.74) is 5.39. The van der Waals surface area contributed by atoms with Gasteiger partial charge in [0, 0.05) is 29.6 Å². The van der Waals surface area contributed by atoms with Crippen LogP contribution in [0.3, 0.4) is 0 Å². The standard InChI is InChI=1S/C40H48FN7O10/c1-9-40(56)23-12-28-32-21(15-48(28)36(53)22(23)16-57-37(40)54)31-25(11-10-20-17(2)24(41)13-26(44-32)30(20)31)45-34(51)27(14-29(42)49)46-33(50)19(4)47(8)35(52)18(3)43-38(55)58-39(5,6)7/h12-13,18-19,25,27,56H,9-11,14-16H2,1-8H3,(H2,42,49)(H,43,55)(H,45,51)(H,46,50)/t18-,19-,25-,27-,40-/m0/s1. The van der Waals surface area contributed by atoms with Gasteiger partial charge in [-0.15, -0.1) is 0 Å². The number of primary amides is 1. The van der Waals surface area contributed by atoms with Gasteiger partial charge in [0.05, 0.1) is 41.5 Å². The fraction of sp³-hybridized carbons (Fsp3) is 0.500. The number of carbonyl (C=O) groups is 6. The van der Waals surface area contributed by atoms with Crippen molar-refractivity contribution >= 4 is 46.6 Å². The number of alkyl carbamates (subject to hydrolysis) is 1. The van der Waals surface area contributed by atoms with E-state index in [-0.39, 0.29) is 42.6 Å². The summed E-state index contributed by atoms with van der Waals surface area (Å²) in [5.74, 6) is -4.47. The van der Waals surface area contributed by atoms with Crippen molar-refractivity contribution in [3.8, 4) is 11.4 Å². The molecule has 2 aliphatic heterocycles. The van der Waals surface area contributed by atoms with Crippen LogP contribution in [0.5, 0.6) is 0 Å². The molecule has 58 heavy (non-hydrogen) atoms. The molecule has 2 aromatic heterocycles. The fourth-order valence-corrected chi connectivity index (χ4v) is 7.89. The number of fused-ring (bicyclic) bond motifs is 5. The summed E-state index contributed by atoms with van der Waals surface area (Å²) < 4.78 is 27.2. The highest BCUT2D eigenvalue weighted by Gasteiger charge is 2.46. The summed E-state index contributed by atoms with van der Waals surface area (Å²) in [7, 11) is 1.34. The molecule has 3 aromatic rings. The first-order chi connectivity index (χ1) is 27.1. The quantitative estimate of drug-likeness (QED) is 0.145. The van der Waals surface area contributed by atoms with Crippen LogP contribution >= 0.6 is 0 Å². The number of hydrogen-bond donors (Lipinski definition) is 5. The number of nitrogens with two attached hydrogens (primary N) is 1. The smallest absolute Gasteiger partial charge is 0.408 e. The number of nitrogens with zero attached hydrogens (tertiary/aromatic N) is 3. The van der Waals surface area contributed by atoms with E-state index in [9.17, 15) is 38.7 Å². The molecular weight excluding hydrogens is 757 g/mol. The first-order valence-electron chi connectivity index (χ1n) is 19.0. The van der Waals surface area contributed by atoms with Gasteiger partial charge in [-0.3, -0.25) is 24.0 Å². The number of hydrogen-bond acceptors (Lipinski definition) is 11. The van der Waals surface area contributed by atoms with Crippen LogP contribution in [0.25, 0.3) is 22.3 Å². The van der Waals surface area contributed by atoms with Gasteiger partial charge in [0.2, 0.25) is 23.6 Å². The number of carbonyl (C=O) groups excluding carboxylic acids is 6. The highest BCUT2D eigenvalue weighted by molar-refractivity contribution is 5.97. The summed E-state index contributed by atoms with van der Waals surface area (Å²) in [4.78, 5) is 97.9. The van der Waals surface area contributed by atoms with E-state index in [2.05, 4.69) is 16.0 Å². The molecule has 0 fully saturated rings. The predicted octanol–water partition coefficient (Wildman–Crippen LogP) is 1.75. The second-order valence-electron chi connectivity index (χ2n) is 16.1. The van der Waals surface area contributed by atoms with Gasteiger partial charge in [0.15, 0.2) is 5.60 Å². The molecule has 1 aromatic carbocycles. The summed E-state index contributed by atoms with van der Waals surface area (Å²) in [5, 5.41) is 19.8. The molecule has 0 spiro atoms. The number of aryl methyl sites for hydroxylation is 1. The third kappa shape index (κ3) is 7.36. The van der Waals surface area contributed by atoms with Crippen molar-refractivity contribution in [2.45, 2.75) is 123 Å². The van der Waals surface area contributed by atoms with Crippen LogP contribution in [0.2, 0.25) is 0 Å². The number of cyclic esters (lactones) is 1. The molecule has 1 aliphatic carbocycles. The second kappa shape index (κ2) is 15.1. The van der Waals surface area contributed by atoms with E-state index in [0.29, 0.717) is 45.4 Å². The third-order valence-electron chi connectivity index (χ3n) is 11.1. The van der Waals surface area contributed by atoms with E-state index in [4.69, 9.17) is 20.2 Å². The molecule has 17 nitrogen and oxygen atoms in total. The monoisotopic (exact) mass is 805 g/mol. The van der Waals surface area contributed by atoms with Crippen molar-refractivity contribution in [3.63, 3.8) is 0 Å². The van der Waals surface area contributed by atoms with Crippen LogP contribution in [-0.4, -0.2) is 86.0 Å². The van der Waals surface area contributed by atoms with Gasteiger partial charge in [-0.05, 0) is 83.6 Å². The van der Waals surface area contributed by atoms with Crippen molar-refractivity contribution in [1.29, 1.82) is 0 Å². The van der Waals surface area contributed by atoms with Gasteiger partial charge < -0.3 is 45.7 Å². The maximum absolute atomic E-state index is 15.4. The number of nitrogens with one attached hydrogen (secondary N) is 3. The van der Waals surface area contributed by atoms with Crippen molar-refractivity contribution < 1.29 is 47.7 Å². The zero-order valence-corrected chi connectivity index (χ0v) is 33.6. The Kier molecular flexibility index (Phi) is 10.9. The van der Waals surface area contributed by atoms with E-state index >= 15 is 4.39 Å². The van der Waals surface area contributed by atoms with Gasteiger partial charge in [-0.25, -0.2) is 19.0 Å². The predicted molar refractivity (Wildman–Crippen MR) is 205 cm³/mol. The molecule has 5 atom stereocenters. The van der Waals surface area contributed by atoms with E-state index in [1.54, 1.807) is 34.6 Å². The highest BCUT2D eigenvalue weighted by atomic mass is 19.1. The lowest BCUT2D eigenvalue weighted by Crippen LogP contribution is -2.56. The van der Waals surface area contributed by atoms with E-state index in [1.807, 2.05) is 0 Å². The molecule has 0 bridgehead atoms. The maximum atomic E-state index is 15.4. The molecule has 0 saturated carbocycles. The van der Waals surface area contributed by atoms with Gasteiger partial charge in [0.1, 0.15) is 36.2 Å². The van der Waals surface area contributed by atoms with Crippen molar-refractivity contribution in [2.75, 3.05) is 7.05 Å². The van der Waals surface area contributed by atoms with Gasteiger partial charge in [0.25, 0.3) is 5.56 Å². The lowest BCUT2D eigenvalue weighted by Gasteiger charge is -2.32. The summed E-state index contributed by atoms with van der Waals surface area (Å²) in [6.45, 7) is 10.7. The number of rotatable bonds is 10. The van der Waals surface area contributed by atoms with Crippen molar-refractivity contribution in [2.24, 2.45) is 5.73 Å². The number of benzene rings is 1. The molecule has 310 valence electrons. The fourth-order valence-electron chi connectivity index (χ4n) is 7.89. The van der Waals surface area contributed by atoms with Crippen LogP contribution in [0.4, 0.5) is 9.18 Å². The third-order valence-corrected chi connectivity index (χ3v) is 11.1. The van der Waals surface area contributed by atoms with Gasteiger partial charge in [-0.1, -0.05) is 6.92 Å². The zero-order valence-electron chi connectivity index (χ0n) is 33.6. The SMILES string of the molecule is CC[C@@]1(O)C(=O)OCc2c1cc1n(c2=O)Cc2c-1nc1cc(F)c(C)c3c1c2[C@@H](NC(=O)[C@H](CC(N)=O)NC(=O)[C@H](C)N(C)C(=O)[C@H](C)NC(=O)OC(C)(C)C)CC3.